The highest BCUT2D eigenvalue weighted by Crippen LogP contribution is 2.49. The van der Waals surface area contributed by atoms with Crippen LogP contribution in [0, 0.1) is 11.8 Å². The largest absolute Gasteiger partial charge is 0.508 e. The summed E-state index contributed by atoms with van der Waals surface area (Å²) in [6.07, 6.45) is -0.788. The second-order valence-corrected chi connectivity index (χ2v) is 10.9. The lowest BCUT2D eigenvalue weighted by molar-refractivity contribution is 0.120. The molecule has 7 N–H and O–H groups in total. The van der Waals surface area contributed by atoms with E-state index < -0.39 is 34.9 Å². The van der Waals surface area contributed by atoms with Gasteiger partial charge in [-0.25, -0.2) is 0 Å². The van der Waals surface area contributed by atoms with Crippen molar-refractivity contribution in [2.24, 2.45) is 11.8 Å². The fourth-order valence-corrected chi connectivity index (χ4v) is 6.02. The minimum Gasteiger partial charge on any atom is -0.508 e. The highest BCUT2D eigenvalue weighted by molar-refractivity contribution is 5.94. The second kappa shape index (κ2) is 9.29. The molecule has 2 aliphatic heterocycles. The average Bonchev–Trinajstić information content (AvgIpc) is 3.03. The topological polar surface area (TPSA) is 177 Å². The molecule has 4 aromatic carbocycles. The number of aromatic hydroxyl groups is 7. The fourth-order valence-electron chi connectivity index (χ4n) is 6.02. The molecule has 0 spiro atoms. The summed E-state index contributed by atoms with van der Waals surface area (Å²) in [7, 11) is 0. The molecule has 0 saturated carbocycles. The summed E-state index contributed by atoms with van der Waals surface area (Å²) in [4.78, 5) is 13.4. The van der Waals surface area contributed by atoms with Crippen molar-refractivity contribution in [3.8, 4) is 51.7 Å². The van der Waals surface area contributed by atoms with Crippen LogP contribution in [0.1, 0.15) is 48.3 Å². The van der Waals surface area contributed by atoms with Crippen molar-refractivity contribution in [2.45, 2.75) is 38.9 Å². The number of hydrogen-bond acceptors (Lipinski definition) is 10. The van der Waals surface area contributed by atoms with E-state index >= 15 is 0 Å². The standard InChI is InChI=1S/C31H28O10/c1-12-3-19-21(34)7-15(32)9-25(19)40-30(12)14-5-17-18(11-24(37)29(39)27(17)28(38)23(36)6-14)31-13(2)4-20-22(35)8-16(33)10-26(20)41-31/h5-13,30-35,37,39H,3-4H2,1-2H3,(H,36,38)/t12-,13-,30+,31+/m1/s1. The van der Waals surface area contributed by atoms with Crippen molar-refractivity contribution in [2.75, 3.05) is 0 Å². The predicted octanol–water partition coefficient (Wildman–Crippen LogP) is 4.76. The van der Waals surface area contributed by atoms with E-state index in [-0.39, 0.29) is 57.1 Å². The van der Waals surface area contributed by atoms with E-state index in [1.807, 2.05) is 13.8 Å². The van der Waals surface area contributed by atoms with Crippen LogP contribution >= 0.6 is 0 Å². The monoisotopic (exact) mass is 560 g/mol. The summed E-state index contributed by atoms with van der Waals surface area (Å²) in [6, 6.07) is 9.32. The molecule has 0 fully saturated rings. The van der Waals surface area contributed by atoms with Crippen LogP contribution in [-0.2, 0) is 12.8 Å². The minimum absolute atomic E-state index is 0.109. The second-order valence-electron chi connectivity index (χ2n) is 10.9. The fraction of sp³-hybridized carbons (Fsp3) is 0.258. The number of hydrogen-bond donors (Lipinski definition) is 7. The van der Waals surface area contributed by atoms with Crippen LogP contribution in [0.25, 0.3) is 10.8 Å². The Morgan fingerprint density at radius 1 is 0.634 bits per heavy atom. The first-order valence-electron chi connectivity index (χ1n) is 13.1. The van der Waals surface area contributed by atoms with Gasteiger partial charge in [0.05, 0.1) is 5.39 Å². The van der Waals surface area contributed by atoms with Gasteiger partial charge in [-0.15, -0.1) is 0 Å². The molecule has 2 heterocycles. The third-order valence-electron chi connectivity index (χ3n) is 8.00. The molecule has 0 saturated heterocycles. The van der Waals surface area contributed by atoms with Gasteiger partial charge in [0.1, 0.15) is 46.7 Å². The highest BCUT2D eigenvalue weighted by atomic mass is 16.5. The Morgan fingerprint density at radius 3 is 1.76 bits per heavy atom. The summed E-state index contributed by atoms with van der Waals surface area (Å²) >= 11 is 0. The maximum absolute atomic E-state index is 13.4. The van der Waals surface area contributed by atoms with Gasteiger partial charge in [-0.2, -0.15) is 0 Å². The van der Waals surface area contributed by atoms with Crippen molar-refractivity contribution in [1.82, 2.24) is 0 Å². The van der Waals surface area contributed by atoms with Crippen molar-refractivity contribution >= 4 is 10.8 Å². The third kappa shape index (κ3) is 4.23. The lowest BCUT2D eigenvalue weighted by Gasteiger charge is -2.33. The van der Waals surface area contributed by atoms with Gasteiger partial charge in [0.15, 0.2) is 17.2 Å². The molecule has 4 atom stereocenters. The lowest BCUT2D eigenvalue weighted by atomic mass is 9.85. The Labute approximate surface area is 233 Å². The first-order valence-corrected chi connectivity index (χ1v) is 13.1. The number of benzene rings is 3. The smallest absolute Gasteiger partial charge is 0.231 e. The van der Waals surface area contributed by atoms with Gasteiger partial charge in [-0.05, 0) is 42.0 Å². The molecule has 0 bridgehead atoms. The maximum Gasteiger partial charge on any atom is 0.231 e. The lowest BCUT2D eigenvalue weighted by Crippen LogP contribution is -2.24. The highest BCUT2D eigenvalue weighted by Gasteiger charge is 2.35. The van der Waals surface area contributed by atoms with Crippen LogP contribution < -0.4 is 14.9 Å². The van der Waals surface area contributed by atoms with Gasteiger partial charge >= 0.3 is 0 Å². The molecule has 6 rings (SSSR count). The van der Waals surface area contributed by atoms with Crippen molar-refractivity contribution in [3.63, 3.8) is 0 Å². The van der Waals surface area contributed by atoms with Crippen LogP contribution in [0.3, 0.4) is 0 Å². The number of rotatable bonds is 2. The van der Waals surface area contributed by atoms with Crippen molar-refractivity contribution in [1.29, 1.82) is 0 Å². The van der Waals surface area contributed by atoms with E-state index in [2.05, 4.69) is 0 Å². The quantitative estimate of drug-likeness (QED) is 0.169. The van der Waals surface area contributed by atoms with Crippen LogP contribution in [0.4, 0.5) is 0 Å². The van der Waals surface area contributed by atoms with E-state index in [1.54, 1.807) is 6.07 Å². The Hall–Kier alpha value is -4.99. The molecule has 10 heteroatoms. The van der Waals surface area contributed by atoms with Gasteiger partial charge in [0.2, 0.25) is 5.43 Å². The normalized spacial score (nSPS) is 21.4. The Balaban J connectivity index is 1.56. The summed E-state index contributed by atoms with van der Waals surface area (Å²) in [5.41, 5.74) is 0.815. The number of fused-ring (bicyclic) bond motifs is 3. The SMILES string of the molecule is C[C@@H]1Cc2c(O)cc(O)cc2O[C@@H]1c1cc(O)c(=O)c2c(O)c(O)cc([C@H]3Oc4cc(O)cc(O)c4C[C@H]3C)c2c1. The zero-order chi connectivity index (χ0) is 29.3. The van der Waals surface area contributed by atoms with Crippen molar-refractivity contribution in [3.05, 3.63) is 74.9 Å². The number of phenolic OH excluding ortho intramolecular Hbond substituents is 6. The van der Waals surface area contributed by atoms with E-state index in [1.165, 1.54) is 36.4 Å². The average molecular weight is 561 g/mol. The summed E-state index contributed by atoms with van der Waals surface area (Å²) in [5, 5.41) is 72.8. The summed E-state index contributed by atoms with van der Waals surface area (Å²) < 4.78 is 12.4. The van der Waals surface area contributed by atoms with E-state index in [4.69, 9.17) is 9.47 Å². The number of phenols is 6. The van der Waals surface area contributed by atoms with Gasteiger partial charge < -0.3 is 45.2 Å². The minimum atomic E-state index is -0.917. The number of ether oxygens (including phenoxy) is 2. The van der Waals surface area contributed by atoms with Crippen molar-refractivity contribution < 1.29 is 45.2 Å². The van der Waals surface area contributed by atoms with Gasteiger partial charge in [-0.3, -0.25) is 4.79 Å². The van der Waals surface area contributed by atoms with Crippen LogP contribution in [0.2, 0.25) is 0 Å². The molecule has 10 nitrogen and oxygen atoms in total. The van der Waals surface area contributed by atoms with E-state index in [0.29, 0.717) is 35.1 Å². The zero-order valence-corrected chi connectivity index (χ0v) is 22.1. The first kappa shape index (κ1) is 26.2. The summed E-state index contributed by atoms with van der Waals surface area (Å²) in [5.74, 6) is -2.63. The molecule has 41 heavy (non-hydrogen) atoms. The molecular weight excluding hydrogens is 532 g/mol. The molecule has 0 unspecified atom stereocenters. The van der Waals surface area contributed by atoms with Crippen LogP contribution in [0.5, 0.6) is 51.7 Å². The first-order chi connectivity index (χ1) is 19.4. The Bertz CT molecular complexity index is 1800. The molecule has 0 aromatic heterocycles. The molecular formula is C31H28O10. The molecule has 0 amide bonds. The maximum atomic E-state index is 13.4. The zero-order valence-electron chi connectivity index (χ0n) is 22.1. The molecule has 0 radical (unpaired) electrons. The third-order valence-corrected chi connectivity index (χ3v) is 8.00. The molecule has 2 aliphatic rings. The Morgan fingerprint density at radius 2 is 1.17 bits per heavy atom. The molecule has 4 aromatic rings. The van der Waals surface area contributed by atoms with Gasteiger partial charge in [-0.1, -0.05) is 13.8 Å². The van der Waals surface area contributed by atoms with Gasteiger partial charge in [0, 0.05) is 52.8 Å². The predicted molar refractivity (Wildman–Crippen MR) is 147 cm³/mol. The molecule has 212 valence electrons. The van der Waals surface area contributed by atoms with Crippen LogP contribution in [0.15, 0.2) is 47.3 Å². The van der Waals surface area contributed by atoms with E-state index in [0.717, 1.165) is 0 Å². The van der Waals surface area contributed by atoms with E-state index in [9.17, 15) is 40.5 Å². The summed E-state index contributed by atoms with van der Waals surface area (Å²) in [6.45, 7) is 3.73. The molecule has 0 aliphatic carbocycles. The van der Waals surface area contributed by atoms with Crippen LogP contribution in [-0.4, -0.2) is 35.7 Å². The van der Waals surface area contributed by atoms with Gasteiger partial charge in [0.25, 0.3) is 0 Å². The Kier molecular flexibility index (Phi) is 5.95.